The van der Waals surface area contributed by atoms with Crippen LogP contribution in [0.25, 0.3) is 0 Å². The third-order valence-corrected chi connectivity index (χ3v) is 2.94. The van der Waals surface area contributed by atoms with Crippen LogP contribution in [0.2, 0.25) is 0 Å². The summed E-state index contributed by atoms with van der Waals surface area (Å²) >= 11 is 0. The maximum Gasteiger partial charge on any atom is 0.115 e. The summed E-state index contributed by atoms with van der Waals surface area (Å²) in [6, 6.07) is 2.16. The number of nitrogens with one attached hydrogen (secondary N) is 1. The second-order valence-corrected chi connectivity index (χ2v) is 4.39. The molecule has 5 heteroatoms. The van der Waals surface area contributed by atoms with Gasteiger partial charge in [-0.25, -0.2) is 9.97 Å². The van der Waals surface area contributed by atoms with Crippen LogP contribution < -0.4 is 5.32 Å². The average molecular weight is 245 g/mol. The Kier molecular flexibility index (Phi) is 4.04. The molecule has 0 spiro atoms. The van der Waals surface area contributed by atoms with E-state index < -0.39 is 0 Å². The molecule has 1 atom stereocenters. The number of hydrogen-bond acceptors (Lipinski definition) is 4. The summed E-state index contributed by atoms with van der Waals surface area (Å²) in [4.78, 5) is 8.17. The highest BCUT2D eigenvalue weighted by Gasteiger charge is 2.17. The van der Waals surface area contributed by atoms with Crippen molar-refractivity contribution in [3.05, 3.63) is 41.7 Å². The van der Waals surface area contributed by atoms with Crippen molar-refractivity contribution in [3.63, 3.8) is 0 Å². The van der Waals surface area contributed by atoms with Gasteiger partial charge < -0.3 is 5.32 Å². The van der Waals surface area contributed by atoms with Gasteiger partial charge in [-0.3, -0.25) is 4.68 Å². The molecule has 0 aliphatic carbocycles. The quantitative estimate of drug-likeness (QED) is 0.869. The van der Waals surface area contributed by atoms with Crippen molar-refractivity contribution in [2.45, 2.75) is 26.3 Å². The molecule has 0 amide bonds. The number of aryl methyl sites for hydroxylation is 2. The molecular weight excluding hydrogens is 226 g/mol. The van der Waals surface area contributed by atoms with Crippen LogP contribution in [0.1, 0.15) is 36.3 Å². The van der Waals surface area contributed by atoms with Gasteiger partial charge >= 0.3 is 0 Å². The van der Waals surface area contributed by atoms with Crippen LogP contribution in [0.15, 0.2) is 24.8 Å². The van der Waals surface area contributed by atoms with Gasteiger partial charge in [0, 0.05) is 30.7 Å². The van der Waals surface area contributed by atoms with Crippen LogP contribution in [-0.4, -0.2) is 26.3 Å². The lowest BCUT2D eigenvalue weighted by molar-refractivity contribution is 0.571. The van der Waals surface area contributed by atoms with Gasteiger partial charge in [-0.05, 0) is 26.0 Å². The predicted molar refractivity (Wildman–Crippen MR) is 70.1 cm³/mol. The second kappa shape index (κ2) is 5.73. The molecule has 18 heavy (non-hydrogen) atoms. The predicted octanol–water partition coefficient (Wildman–Crippen LogP) is 1.61. The van der Waals surface area contributed by atoms with Gasteiger partial charge in [0.15, 0.2) is 0 Å². The van der Waals surface area contributed by atoms with Gasteiger partial charge in [0.05, 0.1) is 11.7 Å². The summed E-state index contributed by atoms with van der Waals surface area (Å²) in [6.07, 6.45) is 6.30. The minimum atomic E-state index is 0.0612. The van der Waals surface area contributed by atoms with E-state index in [0.29, 0.717) is 0 Å². The van der Waals surface area contributed by atoms with Gasteiger partial charge in [0.1, 0.15) is 6.33 Å². The molecule has 0 aliphatic rings. The SMILES string of the molecule is CCCNC(c1cncnc1)c1cc(C)n(C)n1. The Labute approximate surface area is 107 Å². The summed E-state index contributed by atoms with van der Waals surface area (Å²) in [5.41, 5.74) is 3.20. The fraction of sp³-hybridized carbons (Fsp3) is 0.462. The summed E-state index contributed by atoms with van der Waals surface area (Å²) in [5.74, 6) is 0. The number of aromatic nitrogens is 4. The monoisotopic (exact) mass is 245 g/mol. The Bertz CT molecular complexity index is 472. The fourth-order valence-corrected chi connectivity index (χ4v) is 1.87. The Hall–Kier alpha value is -1.75. The molecule has 2 heterocycles. The first-order valence-electron chi connectivity index (χ1n) is 6.21. The van der Waals surface area contributed by atoms with Crippen molar-refractivity contribution in [1.29, 1.82) is 0 Å². The van der Waals surface area contributed by atoms with E-state index in [-0.39, 0.29) is 6.04 Å². The highest BCUT2D eigenvalue weighted by Crippen LogP contribution is 2.20. The lowest BCUT2D eigenvalue weighted by atomic mass is 10.1. The van der Waals surface area contributed by atoms with Gasteiger partial charge in [-0.1, -0.05) is 6.92 Å². The topological polar surface area (TPSA) is 55.6 Å². The molecule has 5 nitrogen and oxygen atoms in total. The van der Waals surface area contributed by atoms with E-state index in [1.54, 1.807) is 6.33 Å². The van der Waals surface area contributed by atoms with Gasteiger partial charge in [0.2, 0.25) is 0 Å². The molecule has 0 bridgehead atoms. The maximum absolute atomic E-state index is 4.54. The molecule has 1 unspecified atom stereocenters. The summed E-state index contributed by atoms with van der Waals surface area (Å²) in [5, 5.41) is 8.03. The smallest absolute Gasteiger partial charge is 0.115 e. The minimum absolute atomic E-state index is 0.0612. The highest BCUT2D eigenvalue weighted by molar-refractivity contribution is 5.24. The van der Waals surface area contributed by atoms with Gasteiger partial charge in [0.25, 0.3) is 0 Å². The Balaban J connectivity index is 2.30. The van der Waals surface area contributed by atoms with Crippen molar-refractivity contribution >= 4 is 0 Å². The van der Waals surface area contributed by atoms with Crippen molar-refractivity contribution < 1.29 is 0 Å². The standard InChI is InChI=1S/C13H19N5/c1-4-5-16-13(11-7-14-9-15-8-11)12-6-10(2)18(3)17-12/h6-9,13,16H,4-5H2,1-3H3. The Morgan fingerprint density at radius 2 is 2.06 bits per heavy atom. The zero-order chi connectivity index (χ0) is 13.0. The van der Waals surface area contributed by atoms with Crippen LogP contribution in [0.5, 0.6) is 0 Å². The minimum Gasteiger partial charge on any atom is -0.305 e. The second-order valence-electron chi connectivity index (χ2n) is 4.39. The van der Waals surface area contributed by atoms with E-state index >= 15 is 0 Å². The average Bonchev–Trinajstić information content (AvgIpc) is 2.71. The van der Waals surface area contributed by atoms with Gasteiger partial charge in [-0.15, -0.1) is 0 Å². The first kappa shape index (κ1) is 12.7. The number of rotatable bonds is 5. The maximum atomic E-state index is 4.54. The first-order valence-corrected chi connectivity index (χ1v) is 6.21. The molecule has 2 aromatic rings. The largest absolute Gasteiger partial charge is 0.305 e. The lowest BCUT2D eigenvalue weighted by Gasteiger charge is -2.15. The van der Waals surface area contributed by atoms with Crippen molar-refractivity contribution in [2.75, 3.05) is 6.54 Å². The van der Waals surface area contributed by atoms with E-state index in [2.05, 4.69) is 40.3 Å². The fourth-order valence-electron chi connectivity index (χ4n) is 1.87. The molecule has 0 aromatic carbocycles. The van der Waals surface area contributed by atoms with Crippen molar-refractivity contribution in [1.82, 2.24) is 25.1 Å². The van der Waals surface area contributed by atoms with Crippen molar-refractivity contribution in [2.24, 2.45) is 7.05 Å². The molecule has 2 aromatic heterocycles. The molecular formula is C13H19N5. The summed E-state index contributed by atoms with van der Waals surface area (Å²) in [6.45, 7) is 5.14. The van der Waals surface area contributed by atoms with Crippen LogP contribution in [-0.2, 0) is 7.05 Å². The van der Waals surface area contributed by atoms with E-state index in [9.17, 15) is 0 Å². The third kappa shape index (κ3) is 2.73. The Morgan fingerprint density at radius 3 is 2.61 bits per heavy atom. The highest BCUT2D eigenvalue weighted by atomic mass is 15.3. The normalized spacial score (nSPS) is 12.6. The van der Waals surface area contributed by atoms with Crippen LogP contribution >= 0.6 is 0 Å². The number of hydrogen-bond donors (Lipinski definition) is 1. The number of nitrogens with zero attached hydrogens (tertiary/aromatic N) is 4. The van der Waals surface area contributed by atoms with E-state index in [1.165, 1.54) is 0 Å². The molecule has 1 N–H and O–H groups in total. The zero-order valence-electron chi connectivity index (χ0n) is 11.1. The lowest BCUT2D eigenvalue weighted by Crippen LogP contribution is -2.24. The molecule has 0 fully saturated rings. The van der Waals surface area contributed by atoms with Crippen LogP contribution in [0.3, 0.4) is 0 Å². The van der Waals surface area contributed by atoms with E-state index in [1.807, 2.05) is 24.1 Å². The first-order chi connectivity index (χ1) is 8.72. The summed E-state index contributed by atoms with van der Waals surface area (Å²) in [7, 11) is 1.96. The zero-order valence-corrected chi connectivity index (χ0v) is 11.1. The molecule has 0 saturated carbocycles. The Morgan fingerprint density at radius 1 is 1.33 bits per heavy atom. The molecule has 0 saturated heterocycles. The molecule has 0 aliphatic heterocycles. The van der Waals surface area contributed by atoms with Crippen molar-refractivity contribution in [3.8, 4) is 0 Å². The van der Waals surface area contributed by atoms with Crippen LogP contribution in [0, 0.1) is 6.92 Å². The van der Waals surface area contributed by atoms with E-state index in [0.717, 1.165) is 29.9 Å². The molecule has 96 valence electrons. The van der Waals surface area contributed by atoms with Crippen LogP contribution in [0.4, 0.5) is 0 Å². The molecule has 2 rings (SSSR count). The molecule has 0 radical (unpaired) electrons. The van der Waals surface area contributed by atoms with E-state index in [4.69, 9.17) is 0 Å². The van der Waals surface area contributed by atoms with Gasteiger partial charge in [-0.2, -0.15) is 5.10 Å². The third-order valence-electron chi connectivity index (χ3n) is 2.94. The summed E-state index contributed by atoms with van der Waals surface area (Å²) < 4.78 is 1.89.